The minimum Gasteiger partial charge on any atom is -0.379 e. The van der Waals surface area contributed by atoms with Gasteiger partial charge in [-0.1, -0.05) is 41.9 Å². The Morgan fingerprint density at radius 2 is 1.77 bits per heavy atom. The Bertz CT molecular complexity index is 1010. The molecule has 2 aromatic carbocycles. The molecule has 1 N–H and O–H groups in total. The Labute approximate surface area is 189 Å². The summed E-state index contributed by atoms with van der Waals surface area (Å²) in [5.74, 6) is -0.389. The van der Waals surface area contributed by atoms with Crippen molar-refractivity contribution in [3.8, 4) is 0 Å². The highest BCUT2D eigenvalue weighted by Crippen LogP contribution is 2.24. The smallest absolute Gasteiger partial charge is 0.241 e. The van der Waals surface area contributed by atoms with Gasteiger partial charge in [-0.15, -0.1) is 0 Å². The molecule has 31 heavy (non-hydrogen) atoms. The Kier molecular flexibility index (Phi) is 7.94. The van der Waals surface area contributed by atoms with E-state index in [1.54, 1.807) is 18.2 Å². The van der Waals surface area contributed by atoms with E-state index in [-0.39, 0.29) is 12.5 Å². The Hall–Kier alpha value is -2.13. The zero-order valence-corrected chi connectivity index (χ0v) is 19.4. The van der Waals surface area contributed by atoms with Crippen LogP contribution in [-0.4, -0.2) is 58.3 Å². The van der Waals surface area contributed by atoms with Gasteiger partial charge in [0.15, 0.2) is 0 Å². The number of ether oxygens (including phenoxy) is 1. The molecule has 1 saturated heterocycles. The van der Waals surface area contributed by atoms with Crippen molar-refractivity contribution in [3.05, 3.63) is 64.2 Å². The molecule has 0 saturated carbocycles. The van der Waals surface area contributed by atoms with Gasteiger partial charge in [0, 0.05) is 31.2 Å². The zero-order chi connectivity index (χ0) is 22.4. The highest BCUT2D eigenvalue weighted by atomic mass is 35.5. The summed E-state index contributed by atoms with van der Waals surface area (Å²) in [5, 5.41) is 3.24. The van der Waals surface area contributed by atoms with Gasteiger partial charge >= 0.3 is 0 Å². The number of carbonyl (C=O) groups excluding carboxylic acids is 1. The highest BCUT2D eigenvalue weighted by molar-refractivity contribution is 7.92. The molecule has 1 fully saturated rings. The van der Waals surface area contributed by atoms with Crippen LogP contribution in [0, 0.1) is 6.92 Å². The molecule has 168 valence electrons. The van der Waals surface area contributed by atoms with Gasteiger partial charge < -0.3 is 10.1 Å². The van der Waals surface area contributed by atoms with Crippen molar-refractivity contribution in [2.24, 2.45) is 0 Å². The number of nitrogens with zero attached hydrogens (tertiary/aromatic N) is 2. The maximum atomic E-state index is 12.5. The SMILES string of the molecule is Cc1ccc(N(CC(=O)NCc2ccc(CN3CCOCC3)cc2)S(C)(=O)=O)cc1Cl. The molecule has 3 rings (SSSR count). The first kappa shape index (κ1) is 23.5. The van der Waals surface area contributed by atoms with Crippen molar-refractivity contribution in [2.45, 2.75) is 20.0 Å². The molecule has 7 nitrogen and oxygen atoms in total. The van der Waals surface area contributed by atoms with Crippen LogP contribution in [0.25, 0.3) is 0 Å². The second-order valence-corrected chi connectivity index (χ2v) is 10.00. The number of hydrogen-bond acceptors (Lipinski definition) is 5. The summed E-state index contributed by atoms with van der Waals surface area (Å²) >= 11 is 6.13. The van der Waals surface area contributed by atoms with Crippen LogP contribution in [0.5, 0.6) is 0 Å². The number of amides is 1. The molecule has 0 aromatic heterocycles. The molecule has 0 atom stereocenters. The second kappa shape index (κ2) is 10.5. The summed E-state index contributed by atoms with van der Waals surface area (Å²) in [6, 6.07) is 13.0. The number of rotatable bonds is 8. The van der Waals surface area contributed by atoms with E-state index < -0.39 is 10.0 Å². The quantitative estimate of drug-likeness (QED) is 0.648. The Balaban J connectivity index is 1.56. The number of halogens is 1. The average Bonchev–Trinajstić information content (AvgIpc) is 2.73. The number of morpholine rings is 1. The topological polar surface area (TPSA) is 79.0 Å². The molecule has 0 unspecified atom stereocenters. The first-order chi connectivity index (χ1) is 14.7. The van der Waals surface area contributed by atoms with E-state index in [1.165, 1.54) is 5.56 Å². The number of sulfonamides is 1. The number of hydrogen-bond donors (Lipinski definition) is 1. The molecule has 9 heteroatoms. The number of nitrogens with one attached hydrogen (secondary N) is 1. The number of anilines is 1. The van der Waals surface area contributed by atoms with Gasteiger partial charge in [0.25, 0.3) is 0 Å². The van der Waals surface area contributed by atoms with Gasteiger partial charge in [0.1, 0.15) is 6.54 Å². The Morgan fingerprint density at radius 3 is 2.39 bits per heavy atom. The maximum absolute atomic E-state index is 12.5. The predicted molar refractivity (Wildman–Crippen MR) is 123 cm³/mol. The van der Waals surface area contributed by atoms with Crippen molar-refractivity contribution in [3.63, 3.8) is 0 Å². The average molecular weight is 466 g/mol. The van der Waals surface area contributed by atoms with Crippen LogP contribution in [0.3, 0.4) is 0 Å². The molecule has 0 spiro atoms. The first-order valence-electron chi connectivity index (χ1n) is 10.1. The van der Waals surface area contributed by atoms with E-state index in [9.17, 15) is 13.2 Å². The van der Waals surface area contributed by atoms with Gasteiger partial charge in [0.2, 0.25) is 15.9 Å². The van der Waals surface area contributed by atoms with Crippen LogP contribution in [0.2, 0.25) is 5.02 Å². The van der Waals surface area contributed by atoms with Crippen LogP contribution in [0.1, 0.15) is 16.7 Å². The Morgan fingerprint density at radius 1 is 1.13 bits per heavy atom. The van der Waals surface area contributed by atoms with E-state index in [0.29, 0.717) is 17.3 Å². The third kappa shape index (κ3) is 6.93. The lowest BCUT2D eigenvalue weighted by atomic mass is 10.1. The van der Waals surface area contributed by atoms with Crippen LogP contribution < -0.4 is 9.62 Å². The number of aryl methyl sites for hydroxylation is 1. The molecule has 0 radical (unpaired) electrons. The third-order valence-corrected chi connectivity index (χ3v) is 6.70. The van der Waals surface area contributed by atoms with E-state index >= 15 is 0 Å². The number of benzene rings is 2. The molecule has 1 heterocycles. The standard InChI is InChI=1S/C22H28ClN3O4S/c1-17-3-8-20(13-21(17)23)26(31(2,28)29)16-22(27)24-14-18-4-6-19(7-5-18)15-25-9-11-30-12-10-25/h3-8,13H,9-12,14-16H2,1-2H3,(H,24,27). The van der Waals surface area contributed by atoms with E-state index in [2.05, 4.69) is 10.2 Å². The molecule has 0 bridgehead atoms. The highest BCUT2D eigenvalue weighted by Gasteiger charge is 2.21. The largest absolute Gasteiger partial charge is 0.379 e. The lowest BCUT2D eigenvalue weighted by Gasteiger charge is -2.26. The van der Waals surface area contributed by atoms with Gasteiger partial charge in [-0.05, 0) is 35.7 Å². The summed E-state index contributed by atoms with van der Waals surface area (Å²) in [5.41, 5.74) is 3.35. The van der Waals surface area contributed by atoms with E-state index in [4.69, 9.17) is 16.3 Å². The van der Waals surface area contributed by atoms with Crippen LogP contribution >= 0.6 is 11.6 Å². The molecule has 1 aliphatic heterocycles. The fourth-order valence-corrected chi connectivity index (χ4v) is 4.33. The minimum absolute atomic E-state index is 0.312. The minimum atomic E-state index is -3.65. The van der Waals surface area contributed by atoms with E-state index in [1.807, 2.05) is 31.2 Å². The molecular formula is C22H28ClN3O4S. The summed E-state index contributed by atoms with van der Waals surface area (Å²) < 4.78 is 30.9. The van der Waals surface area contributed by atoms with Crippen molar-refractivity contribution in [1.82, 2.24) is 10.2 Å². The summed E-state index contributed by atoms with van der Waals surface area (Å²) in [7, 11) is -3.65. The monoisotopic (exact) mass is 465 g/mol. The fourth-order valence-electron chi connectivity index (χ4n) is 3.30. The van der Waals surface area contributed by atoms with Gasteiger partial charge in [-0.2, -0.15) is 0 Å². The van der Waals surface area contributed by atoms with Crippen molar-refractivity contribution < 1.29 is 17.9 Å². The second-order valence-electron chi connectivity index (χ2n) is 7.68. The first-order valence-corrected chi connectivity index (χ1v) is 12.3. The van der Waals surface area contributed by atoms with Crippen molar-refractivity contribution in [1.29, 1.82) is 0 Å². The maximum Gasteiger partial charge on any atom is 0.241 e. The number of carbonyl (C=O) groups is 1. The molecule has 1 amide bonds. The molecule has 0 aliphatic carbocycles. The van der Waals surface area contributed by atoms with E-state index in [0.717, 1.165) is 54.5 Å². The fraction of sp³-hybridized carbons (Fsp3) is 0.409. The summed E-state index contributed by atoms with van der Waals surface area (Å²) in [4.78, 5) is 14.8. The van der Waals surface area contributed by atoms with Gasteiger partial charge in [-0.25, -0.2) is 8.42 Å². The third-order valence-electron chi connectivity index (χ3n) is 5.15. The molecular weight excluding hydrogens is 438 g/mol. The predicted octanol–water partition coefficient (Wildman–Crippen LogP) is 2.56. The van der Waals surface area contributed by atoms with Crippen LogP contribution in [0.15, 0.2) is 42.5 Å². The van der Waals surface area contributed by atoms with Gasteiger partial charge in [-0.3, -0.25) is 14.0 Å². The van der Waals surface area contributed by atoms with Crippen LogP contribution in [0.4, 0.5) is 5.69 Å². The molecule has 1 aliphatic rings. The normalized spacial score (nSPS) is 14.9. The molecule has 2 aromatic rings. The van der Waals surface area contributed by atoms with Crippen molar-refractivity contribution in [2.75, 3.05) is 43.4 Å². The van der Waals surface area contributed by atoms with Crippen LogP contribution in [-0.2, 0) is 32.6 Å². The lowest BCUT2D eigenvalue weighted by molar-refractivity contribution is -0.119. The summed E-state index contributed by atoms with van der Waals surface area (Å²) in [6.07, 6.45) is 1.07. The lowest BCUT2D eigenvalue weighted by Crippen LogP contribution is -2.40. The van der Waals surface area contributed by atoms with Crippen molar-refractivity contribution >= 4 is 33.2 Å². The summed E-state index contributed by atoms with van der Waals surface area (Å²) in [6.45, 7) is 6.11. The van der Waals surface area contributed by atoms with Gasteiger partial charge in [0.05, 0.1) is 25.2 Å². The zero-order valence-electron chi connectivity index (χ0n) is 17.8.